The highest BCUT2D eigenvalue weighted by molar-refractivity contribution is 7.87. The average molecular weight is 264 g/mol. The summed E-state index contributed by atoms with van der Waals surface area (Å²) in [5.74, 6) is -6.23. The molecule has 0 aliphatic carbocycles. The molecular weight excluding hydrogens is 261 g/mol. The fraction of sp³-hybridized carbons (Fsp3) is 1.00. The Morgan fingerprint density at radius 2 is 1.33 bits per heavy atom. The molecule has 0 aliphatic rings. The molecule has 15 heavy (non-hydrogen) atoms. The van der Waals surface area contributed by atoms with Gasteiger partial charge in [-0.05, 0) is 0 Å². The van der Waals surface area contributed by atoms with Gasteiger partial charge in [0, 0.05) is 0 Å². The average Bonchev–Trinajstić information content (AvgIpc) is 2.00. The van der Waals surface area contributed by atoms with Crippen molar-refractivity contribution in [3.8, 4) is 0 Å². The normalized spacial score (nSPS) is 16.9. The number of rotatable bonds is 4. The fourth-order valence-electron chi connectivity index (χ4n) is 0.491. The summed E-state index contributed by atoms with van der Waals surface area (Å²) >= 11 is 0. The van der Waals surface area contributed by atoms with Crippen LogP contribution in [0.4, 0.5) is 30.7 Å². The minimum Gasteiger partial charge on any atom is -0.281 e. The minimum absolute atomic E-state index is 4.52. The molecule has 0 rings (SSSR count). The van der Waals surface area contributed by atoms with Crippen LogP contribution in [-0.2, 0) is 10.1 Å². The molecule has 3 nitrogen and oxygen atoms in total. The molecule has 92 valence electrons. The lowest BCUT2D eigenvalue weighted by atomic mass is 10.2. The highest BCUT2D eigenvalue weighted by Gasteiger charge is 2.71. The number of alkyl halides is 7. The summed E-state index contributed by atoms with van der Waals surface area (Å²) in [6, 6.07) is 0. The Labute approximate surface area is 78.6 Å². The van der Waals surface area contributed by atoms with Crippen molar-refractivity contribution in [3.05, 3.63) is 0 Å². The molecule has 0 aromatic heterocycles. The predicted molar refractivity (Wildman–Crippen MR) is 32.3 cm³/mol. The predicted octanol–water partition coefficient (Wildman–Crippen LogP) is 1.71. The maximum absolute atomic E-state index is 12.2. The monoisotopic (exact) mass is 264 g/mol. The summed E-state index contributed by atoms with van der Waals surface area (Å²) in [6.45, 7) is 0. The molecule has 0 spiro atoms. The maximum Gasteiger partial charge on any atom is 0.434 e. The lowest BCUT2D eigenvalue weighted by Gasteiger charge is -2.25. The van der Waals surface area contributed by atoms with Gasteiger partial charge < -0.3 is 0 Å². The molecule has 1 atom stereocenters. The van der Waals surface area contributed by atoms with Gasteiger partial charge in [0.2, 0.25) is 6.17 Å². The molecule has 0 heterocycles. The Morgan fingerprint density at radius 3 is 1.53 bits per heavy atom. The zero-order valence-corrected chi connectivity index (χ0v) is 7.29. The highest BCUT2D eigenvalue weighted by Crippen LogP contribution is 2.43. The summed E-state index contributed by atoms with van der Waals surface area (Å²) < 4.78 is 111. The number of hydrogen-bond donors (Lipinski definition) is 1. The van der Waals surface area contributed by atoms with E-state index in [0.29, 0.717) is 0 Å². The van der Waals surface area contributed by atoms with Crippen LogP contribution in [0.15, 0.2) is 0 Å². The van der Waals surface area contributed by atoms with Crippen molar-refractivity contribution < 1.29 is 43.7 Å². The van der Waals surface area contributed by atoms with E-state index in [0.717, 1.165) is 0 Å². The quantitative estimate of drug-likeness (QED) is 0.621. The smallest absolute Gasteiger partial charge is 0.281 e. The molecule has 0 aliphatic heterocycles. The molecule has 0 aromatic carbocycles. The fourth-order valence-corrected chi connectivity index (χ4v) is 0.947. The topological polar surface area (TPSA) is 54.4 Å². The van der Waals surface area contributed by atoms with Crippen LogP contribution in [0.2, 0.25) is 0 Å². The van der Waals surface area contributed by atoms with Gasteiger partial charge in [0.15, 0.2) is 0 Å². The van der Waals surface area contributed by atoms with Gasteiger partial charge in [-0.2, -0.15) is 26.0 Å². The van der Waals surface area contributed by atoms with E-state index in [4.69, 9.17) is 4.55 Å². The van der Waals surface area contributed by atoms with Crippen LogP contribution in [0, 0.1) is 0 Å². The van der Waals surface area contributed by atoms with E-state index in [9.17, 15) is 39.2 Å². The van der Waals surface area contributed by atoms with Crippen molar-refractivity contribution in [2.45, 2.75) is 23.8 Å². The molecule has 0 saturated heterocycles. The zero-order chi connectivity index (χ0) is 12.7. The highest BCUT2D eigenvalue weighted by atomic mass is 32.2. The SMILES string of the molecule is O=S(=O)(O)C(F)(F)C(F)(F)C(F)C(F)F. The third-order valence-corrected chi connectivity index (χ3v) is 2.20. The molecule has 11 heteroatoms. The van der Waals surface area contributed by atoms with Crippen molar-refractivity contribution >= 4 is 10.1 Å². The van der Waals surface area contributed by atoms with Gasteiger partial charge in [-0.1, -0.05) is 0 Å². The van der Waals surface area contributed by atoms with E-state index >= 15 is 0 Å². The van der Waals surface area contributed by atoms with Gasteiger partial charge in [0.1, 0.15) is 0 Å². The second-order valence-corrected chi connectivity index (χ2v) is 3.81. The number of hydrogen-bond acceptors (Lipinski definition) is 2. The molecule has 0 saturated carbocycles. The second kappa shape index (κ2) is 3.77. The third kappa shape index (κ3) is 2.33. The van der Waals surface area contributed by atoms with Crippen LogP contribution in [-0.4, -0.2) is 36.7 Å². The summed E-state index contributed by atoms with van der Waals surface area (Å²) in [5, 5.41) is -6.32. The molecule has 0 aromatic rings. The number of halogens is 7. The third-order valence-electron chi connectivity index (χ3n) is 1.28. The van der Waals surface area contributed by atoms with Crippen LogP contribution in [0.1, 0.15) is 0 Å². The van der Waals surface area contributed by atoms with Crippen LogP contribution < -0.4 is 0 Å². The van der Waals surface area contributed by atoms with E-state index in [-0.39, 0.29) is 0 Å². The zero-order valence-electron chi connectivity index (χ0n) is 6.47. The van der Waals surface area contributed by atoms with Crippen molar-refractivity contribution in [2.75, 3.05) is 0 Å². The maximum atomic E-state index is 12.2. The van der Waals surface area contributed by atoms with Crippen molar-refractivity contribution in [1.82, 2.24) is 0 Å². The molecule has 0 amide bonds. The Kier molecular flexibility index (Phi) is 3.63. The van der Waals surface area contributed by atoms with E-state index in [1.54, 1.807) is 0 Å². The Bertz CT molecular complexity index is 323. The van der Waals surface area contributed by atoms with Crippen molar-refractivity contribution in [3.63, 3.8) is 0 Å². The summed E-state index contributed by atoms with van der Waals surface area (Å²) in [4.78, 5) is 0. The summed E-state index contributed by atoms with van der Waals surface area (Å²) in [6.07, 6.45) is -9.23. The lowest BCUT2D eigenvalue weighted by Crippen LogP contribution is -2.54. The Balaban J connectivity index is 5.38. The van der Waals surface area contributed by atoms with Gasteiger partial charge in [0.05, 0.1) is 0 Å². The summed E-state index contributed by atoms with van der Waals surface area (Å²) in [7, 11) is -6.70. The first-order valence-corrected chi connectivity index (χ1v) is 4.44. The van der Waals surface area contributed by atoms with Gasteiger partial charge in [0.25, 0.3) is 6.43 Å². The van der Waals surface area contributed by atoms with Gasteiger partial charge in [-0.25, -0.2) is 13.2 Å². The molecule has 0 fully saturated rings. The molecular formula is C4H3F7O3S. The van der Waals surface area contributed by atoms with Gasteiger partial charge >= 0.3 is 21.3 Å². The Hall–Kier alpha value is -0.580. The first-order valence-electron chi connectivity index (χ1n) is 3.00. The summed E-state index contributed by atoms with van der Waals surface area (Å²) in [5.41, 5.74) is 0. The van der Waals surface area contributed by atoms with E-state index < -0.39 is 33.9 Å². The molecule has 0 bridgehead atoms. The van der Waals surface area contributed by atoms with Gasteiger partial charge in [-0.15, -0.1) is 0 Å². The Morgan fingerprint density at radius 1 is 1.00 bits per heavy atom. The van der Waals surface area contributed by atoms with Crippen LogP contribution in [0.25, 0.3) is 0 Å². The van der Waals surface area contributed by atoms with Crippen molar-refractivity contribution in [2.24, 2.45) is 0 Å². The first-order chi connectivity index (χ1) is 6.35. The van der Waals surface area contributed by atoms with E-state index in [1.165, 1.54) is 0 Å². The first kappa shape index (κ1) is 14.4. The van der Waals surface area contributed by atoms with Crippen LogP contribution in [0.3, 0.4) is 0 Å². The van der Waals surface area contributed by atoms with Crippen LogP contribution in [0.5, 0.6) is 0 Å². The van der Waals surface area contributed by atoms with Crippen LogP contribution >= 0.6 is 0 Å². The minimum atomic E-state index is -6.70. The van der Waals surface area contributed by atoms with E-state index in [2.05, 4.69) is 0 Å². The second-order valence-electron chi connectivity index (χ2n) is 2.35. The largest absolute Gasteiger partial charge is 0.434 e. The molecule has 1 N–H and O–H groups in total. The van der Waals surface area contributed by atoms with Gasteiger partial charge in [-0.3, -0.25) is 4.55 Å². The standard InChI is InChI=1S/C4H3F7O3S/c5-1(2(6)7)3(8,9)4(10,11)15(12,13)14/h1-2H,(H,12,13,14). The van der Waals surface area contributed by atoms with E-state index in [1.807, 2.05) is 0 Å². The molecule has 0 radical (unpaired) electrons. The molecule has 1 unspecified atom stereocenters. The van der Waals surface area contributed by atoms with Crippen molar-refractivity contribution in [1.29, 1.82) is 0 Å². The lowest BCUT2D eigenvalue weighted by molar-refractivity contribution is -0.221.